The zero-order valence-electron chi connectivity index (χ0n) is 6.34. The number of ether oxygens (including phenoxy) is 1. The van der Waals surface area contributed by atoms with Crippen molar-refractivity contribution in [3.63, 3.8) is 0 Å². The van der Waals surface area contributed by atoms with Crippen LogP contribution in [0.5, 0.6) is 0 Å². The van der Waals surface area contributed by atoms with Gasteiger partial charge in [-0.2, -0.15) is 0 Å². The van der Waals surface area contributed by atoms with Gasteiger partial charge in [0.05, 0.1) is 6.10 Å². The predicted octanol–water partition coefficient (Wildman–Crippen LogP) is 1.25. The van der Waals surface area contributed by atoms with E-state index in [-0.39, 0.29) is 6.10 Å². The highest BCUT2D eigenvalue weighted by molar-refractivity contribution is 6.34. The molecule has 0 heterocycles. The maximum absolute atomic E-state index is 10.7. The molecule has 0 bridgehead atoms. The summed E-state index contributed by atoms with van der Waals surface area (Å²) >= 11 is 5.85. The number of hydrogen-bond acceptors (Lipinski definition) is 2. The summed E-state index contributed by atoms with van der Waals surface area (Å²) in [6.07, 6.45) is 1.74. The number of carboxylic acid groups (broad SMARTS) is 1. The minimum absolute atomic E-state index is 0.332. The van der Waals surface area contributed by atoms with E-state index in [1.165, 1.54) is 7.11 Å². The number of hydrogen-bond donors (Lipinski definition) is 1. The molecule has 0 aromatic rings. The highest BCUT2D eigenvalue weighted by atomic mass is 35.5. The Morgan fingerprint density at radius 2 is 2.45 bits per heavy atom. The van der Waals surface area contributed by atoms with Gasteiger partial charge in [0.15, 0.2) is 4.87 Å². The van der Waals surface area contributed by atoms with Crippen LogP contribution in [-0.4, -0.2) is 29.2 Å². The second-order valence-electron chi connectivity index (χ2n) is 2.78. The fourth-order valence-electron chi connectivity index (χ4n) is 1.48. The van der Waals surface area contributed by atoms with Crippen molar-refractivity contribution < 1.29 is 14.6 Å². The lowest BCUT2D eigenvalue weighted by Crippen LogP contribution is -2.40. The van der Waals surface area contributed by atoms with Gasteiger partial charge < -0.3 is 9.84 Å². The van der Waals surface area contributed by atoms with E-state index in [1.807, 2.05) is 0 Å². The Morgan fingerprint density at radius 3 is 2.82 bits per heavy atom. The van der Waals surface area contributed by atoms with E-state index in [0.717, 1.165) is 12.8 Å². The van der Waals surface area contributed by atoms with Gasteiger partial charge in [-0.1, -0.05) is 0 Å². The molecule has 1 saturated carbocycles. The molecule has 0 unspecified atom stereocenters. The van der Waals surface area contributed by atoms with E-state index in [1.54, 1.807) is 0 Å². The van der Waals surface area contributed by atoms with Gasteiger partial charge in [0.1, 0.15) is 0 Å². The first-order chi connectivity index (χ1) is 5.11. The average Bonchev–Trinajstić information content (AvgIpc) is 2.32. The number of aliphatic carboxylic acids is 1. The van der Waals surface area contributed by atoms with Crippen LogP contribution < -0.4 is 0 Å². The Labute approximate surface area is 70.3 Å². The second kappa shape index (κ2) is 2.99. The average molecular weight is 179 g/mol. The molecule has 1 aliphatic rings. The number of methoxy groups -OCH3 is 1. The van der Waals surface area contributed by atoms with Crippen molar-refractivity contribution in [1.29, 1.82) is 0 Å². The van der Waals surface area contributed by atoms with Crippen LogP contribution in [0.15, 0.2) is 0 Å². The van der Waals surface area contributed by atoms with Crippen LogP contribution in [0.2, 0.25) is 0 Å². The molecular formula is C7H11ClO3. The maximum Gasteiger partial charge on any atom is 0.327 e. The first-order valence-corrected chi connectivity index (χ1v) is 3.94. The standard InChI is InChI=1S/C7H11ClO3/c1-11-5-3-2-4-7(5,8)6(9)10/h5H,2-4H2,1H3,(H,9,10)/t5-,7+/m0/s1. The van der Waals surface area contributed by atoms with Crippen LogP contribution in [-0.2, 0) is 9.53 Å². The zero-order chi connectivity index (χ0) is 8.48. The first-order valence-electron chi connectivity index (χ1n) is 3.56. The van der Waals surface area contributed by atoms with E-state index in [0.29, 0.717) is 6.42 Å². The lowest BCUT2D eigenvalue weighted by molar-refractivity contribution is -0.143. The van der Waals surface area contributed by atoms with Gasteiger partial charge in [0.2, 0.25) is 0 Å². The van der Waals surface area contributed by atoms with Crippen LogP contribution in [0.3, 0.4) is 0 Å². The van der Waals surface area contributed by atoms with Crippen molar-refractivity contribution in [2.75, 3.05) is 7.11 Å². The quantitative estimate of drug-likeness (QED) is 0.648. The van der Waals surface area contributed by atoms with E-state index in [2.05, 4.69) is 0 Å². The lowest BCUT2D eigenvalue weighted by Gasteiger charge is -2.22. The van der Waals surface area contributed by atoms with E-state index < -0.39 is 10.8 Å². The first kappa shape index (κ1) is 8.81. The van der Waals surface area contributed by atoms with Crippen LogP contribution >= 0.6 is 11.6 Å². The van der Waals surface area contributed by atoms with Gasteiger partial charge >= 0.3 is 5.97 Å². The van der Waals surface area contributed by atoms with Crippen LogP contribution in [0, 0.1) is 0 Å². The third-order valence-corrected chi connectivity index (χ3v) is 2.75. The molecule has 0 saturated heterocycles. The Kier molecular flexibility index (Phi) is 2.40. The normalized spacial score (nSPS) is 37.5. The molecule has 0 spiro atoms. The number of carboxylic acids is 1. The van der Waals surface area contributed by atoms with Crippen molar-refractivity contribution >= 4 is 17.6 Å². The molecule has 0 aliphatic heterocycles. The van der Waals surface area contributed by atoms with Crippen molar-refractivity contribution in [3.05, 3.63) is 0 Å². The third-order valence-electron chi connectivity index (χ3n) is 2.16. The van der Waals surface area contributed by atoms with Gasteiger partial charge in [-0.3, -0.25) is 4.79 Å². The molecule has 0 aromatic carbocycles. The lowest BCUT2D eigenvalue weighted by atomic mass is 10.1. The highest BCUT2D eigenvalue weighted by Crippen LogP contribution is 2.37. The summed E-state index contributed by atoms with van der Waals surface area (Å²) in [6, 6.07) is 0. The summed E-state index contributed by atoms with van der Waals surface area (Å²) in [4.78, 5) is 9.51. The van der Waals surface area contributed by atoms with Crippen molar-refractivity contribution in [3.8, 4) is 0 Å². The van der Waals surface area contributed by atoms with Crippen LogP contribution in [0.1, 0.15) is 19.3 Å². The summed E-state index contributed by atoms with van der Waals surface area (Å²) < 4.78 is 4.98. The predicted molar refractivity (Wildman–Crippen MR) is 40.9 cm³/mol. The van der Waals surface area contributed by atoms with Crippen molar-refractivity contribution in [1.82, 2.24) is 0 Å². The number of rotatable bonds is 2. The highest BCUT2D eigenvalue weighted by Gasteiger charge is 2.48. The summed E-state index contributed by atoms with van der Waals surface area (Å²) in [5.41, 5.74) is 0. The van der Waals surface area contributed by atoms with Crippen LogP contribution in [0.4, 0.5) is 0 Å². The monoisotopic (exact) mass is 178 g/mol. The topological polar surface area (TPSA) is 46.5 Å². The van der Waals surface area contributed by atoms with E-state index in [4.69, 9.17) is 21.4 Å². The molecular weight excluding hydrogens is 168 g/mol. The Balaban J connectivity index is 2.75. The SMILES string of the molecule is CO[C@H]1CCC[C@]1(Cl)C(=O)O. The molecule has 2 atom stereocenters. The maximum atomic E-state index is 10.7. The molecule has 11 heavy (non-hydrogen) atoms. The van der Waals surface area contributed by atoms with Gasteiger partial charge in [0.25, 0.3) is 0 Å². The number of carbonyl (C=O) groups is 1. The molecule has 1 aliphatic carbocycles. The van der Waals surface area contributed by atoms with E-state index in [9.17, 15) is 4.79 Å². The molecule has 1 N–H and O–H groups in total. The molecule has 64 valence electrons. The summed E-state index contributed by atoms with van der Waals surface area (Å²) in [5, 5.41) is 8.76. The molecule has 4 heteroatoms. The number of alkyl halides is 1. The van der Waals surface area contributed by atoms with Gasteiger partial charge in [0, 0.05) is 7.11 Å². The zero-order valence-corrected chi connectivity index (χ0v) is 7.10. The molecule has 1 rings (SSSR count). The summed E-state index contributed by atoms with van der Waals surface area (Å²) in [7, 11) is 1.50. The molecule has 0 aromatic heterocycles. The molecule has 1 fully saturated rings. The third kappa shape index (κ3) is 1.35. The minimum atomic E-state index is -1.17. The fourth-order valence-corrected chi connectivity index (χ4v) is 1.82. The van der Waals surface area contributed by atoms with Gasteiger partial charge in [-0.05, 0) is 19.3 Å². The fraction of sp³-hybridized carbons (Fsp3) is 0.857. The minimum Gasteiger partial charge on any atom is -0.480 e. The summed E-state index contributed by atoms with van der Waals surface area (Å²) in [5.74, 6) is -0.969. The Morgan fingerprint density at radius 1 is 1.82 bits per heavy atom. The van der Waals surface area contributed by atoms with Gasteiger partial charge in [-0.25, -0.2) is 0 Å². The Hall–Kier alpha value is -0.280. The smallest absolute Gasteiger partial charge is 0.327 e. The summed E-state index contributed by atoms with van der Waals surface area (Å²) in [6.45, 7) is 0. The Bertz CT molecular complexity index is 171. The largest absolute Gasteiger partial charge is 0.480 e. The van der Waals surface area contributed by atoms with Crippen molar-refractivity contribution in [2.24, 2.45) is 0 Å². The molecule has 0 radical (unpaired) electrons. The second-order valence-corrected chi connectivity index (χ2v) is 3.46. The molecule has 0 amide bonds. The van der Waals surface area contributed by atoms with Crippen molar-refractivity contribution in [2.45, 2.75) is 30.2 Å². The van der Waals surface area contributed by atoms with E-state index >= 15 is 0 Å². The molecule has 3 nitrogen and oxygen atoms in total. The van der Waals surface area contributed by atoms with Gasteiger partial charge in [-0.15, -0.1) is 11.6 Å². The van der Waals surface area contributed by atoms with Crippen LogP contribution in [0.25, 0.3) is 0 Å². The number of halogens is 1.